The molecular formula is C50H47FN6O4S2. The molecule has 4 amide bonds. The minimum Gasteiger partial charge on any atom is -0.340 e. The number of benzene rings is 4. The Morgan fingerprint density at radius 1 is 0.571 bits per heavy atom. The molecule has 13 heteroatoms. The van der Waals surface area contributed by atoms with Crippen molar-refractivity contribution in [1.29, 1.82) is 0 Å². The zero-order chi connectivity index (χ0) is 43.0. The number of nitrogens with one attached hydrogen (secondary N) is 2. The molecule has 0 unspecified atom stereocenters. The molecule has 4 aliphatic rings. The first kappa shape index (κ1) is 41.0. The number of carbonyl (C=O) groups excluding carboxylic acids is 4. The van der Waals surface area contributed by atoms with Crippen molar-refractivity contribution in [2.75, 3.05) is 13.1 Å². The third-order valence-corrected chi connectivity index (χ3v) is 14.9. The average molecular weight is 879 g/mol. The van der Waals surface area contributed by atoms with E-state index < -0.39 is 24.3 Å². The van der Waals surface area contributed by atoms with E-state index >= 15 is 4.39 Å². The fraction of sp³-hybridized carbons (Fsp3) is 0.320. The molecule has 4 fully saturated rings. The Hall–Kier alpha value is -6.05. The number of amides is 4. The second-order valence-electron chi connectivity index (χ2n) is 17.1. The number of likely N-dealkylation sites (tertiary alicyclic amines) is 2. The lowest BCUT2D eigenvalue weighted by Gasteiger charge is -2.28. The SMILES string of the molecule is O=C(N[C@@H](C(=O)N1CCC[C@H]1c1ncc(-c2ccc(-c3ccc(-c4cnc([C@@H]5C[C@H](F)CN5C(=O)[C@H](NC(=O)C5CC5)c5ccccc5)s4)cc3)cc2)s1)c1ccccc1)C1CC1. The van der Waals surface area contributed by atoms with Crippen molar-refractivity contribution in [1.82, 2.24) is 30.4 Å². The smallest absolute Gasteiger partial charge is 0.250 e. The molecule has 10 rings (SSSR count). The summed E-state index contributed by atoms with van der Waals surface area (Å²) in [4.78, 5) is 68.8. The van der Waals surface area contributed by atoms with Gasteiger partial charge in [0.1, 0.15) is 28.3 Å². The Balaban J connectivity index is 0.804. The van der Waals surface area contributed by atoms with Crippen LogP contribution in [0.15, 0.2) is 122 Å². The van der Waals surface area contributed by atoms with E-state index in [0.717, 1.165) is 81.1 Å². The van der Waals surface area contributed by atoms with E-state index in [-0.39, 0.29) is 54.5 Å². The molecule has 320 valence electrons. The van der Waals surface area contributed by atoms with Crippen molar-refractivity contribution in [3.63, 3.8) is 0 Å². The number of thiazole rings is 2. The summed E-state index contributed by atoms with van der Waals surface area (Å²) in [6.07, 6.45) is 7.72. The maximum absolute atomic E-state index is 15.1. The zero-order valence-corrected chi connectivity index (χ0v) is 36.2. The largest absolute Gasteiger partial charge is 0.340 e. The Morgan fingerprint density at radius 3 is 1.49 bits per heavy atom. The molecule has 63 heavy (non-hydrogen) atoms. The van der Waals surface area contributed by atoms with Crippen LogP contribution >= 0.6 is 22.7 Å². The summed E-state index contributed by atoms with van der Waals surface area (Å²) >= 11 is 3.06. The molecule has 0 radical (unpaired) electrons. The van der Waals surface area contributed by atoms with Gasteiger partial charge in [0, 0.05) is 37.2 Å². The number of aromatic nitrogens is 2. The van der Waals surface area contributed by atoms with Gasteiger partial charge in [0.25, 0.3) is 5.91 Å². The first-order chi connectivity index (χ1) is 30.8. The molecule has 5 atom stereocenters. The van der Waals surface area contributed by atoms with E-state index in [4.69, 9.17) is 9.97 Å². The molecule has 0 spiro atoms. The molecule has 2 aliphatic heterocycles. The van der Waals surface area contributed by atoms with Gasteiger partial charge in [0.2, 0.25) is 17.7 Å². The Bertz CT molecular complexity index is 2610. The third-order valence-electron chi connectivity index (χ3n) is 12.6. The van der Waals surface area contributed by atoms with Gasteiger partial charge in [-0.2, -0.15) is 0 Å². The van der Waals surface area contributed by atoms with Crippen LogP contribution in [0.2, 0.25) is 0 Å². The lowest BCUT2D eigenvalue weighted by Crippen LogP contribution is -2.43. The molecule has 2 aliphatic carbocycles. The van der Waals surface area contributed by atoms with Crippen LogP contribution < -0.4 is 10.6 Å². The molecule has 6 aromatic rings. The van der Waals surface area contributed by atoms with Crippen molar-refractivity contribution < 1.29 is 23.6 Å². The molecule has 4 heterocycles. The zero-order valence-electron chi connectivity index (χ0n) is 34.6. The highest BCUT2D eigenvalue weighted by atomic mass is 32.1. The third kappa shape index (κ3) is 8.81. The number of hydrogen-bond donors (Lipinski definition) is 2. The van der Waals surface area contributed by atoms with Gasteiger partial charge in [0.05, 0.1) is 28.4 Å². The Kier molecular flexibility index (Phi) is 11.5. The lowest BCUT2D eigenvalue weighted by atomic mass is 10.0. The highest BCUT2D eigenvalue weighted by molar-refractivity contribution is 7.15. The van der Waals surface area contributed by atoms with E-state index in [1.807, 2.05) is 71.8 Å². The standard InChI is InChI=1S/C50H47FN6O4S2/c51-38-26-40(57(29-38)50(61)44(35-10-5-2-6-11-35)55-46(59)37-23-24-37)48-53-28-42(63-48)33-19-15-31(16-20-33)30-13-17-32(18-14-30)41-27-52-47(62-41)39-12-7-25-56(39)49(60)43(34-8-3-1-4-9-34)54-45(58)36-21-22-36/h1-6,8-11,13-20,27-28,36-40,43-44H,7,12,21-26,29H2,(H,54,58)(H,55,59)/t38-,39-,40-,43+,44+/m0/s1. The van der Waals surface area contributed by atoms with Crippen molar-refractivity contribution in [2.45, 2.75) is 75.3 Å². The number of alkyl halides is 1. The number of nitrogens with zero attached hydrogens (tertiary/aromatic N) is 4. The number of carbonyl (C=O) groups is 4. The van der Waals surface area contributed by atoms with Crippen molar-refractivity contribution in [3.8, 4) is 32.0 Å². The van der Waals surface area contributed by atoms with Crippen LogP contribution in [0, 0.1) is 11.8 Å². The Labute approximate surface area is 373 Å². The summed E-state index contributed by atoms with van der Waals surface area (Å²) in [6.45, 7) is 0.576. The predicted molar refractivity (Wildman–Crippen MR) is 242 cm³/mol. The summed E-state index contributed by atoms with van der Waals surface area (Å²) in [5.41, 5.74) is 5.59. The van der Waals surface area contributed by atoms with E-state index in [1.54, 1.807) is 22.4 Å². The minimum absolute atomic E-state index is 0.000472. The van der Waals surface area contributed by atoms with Gasteiger partial charge >= 0.3 is 0 Å². The van der Waals surface area contributed by atoms with Gasteiger partial charge in [-0.3, -0.25) is 19.2 Å². The lowest BCUT2D eigenvalue weighted by molar-refractivity contribution is -0.138. The summed E-state index contributed by atoms with van der Waals surface area (Å²) in [7, 11) is 0. The highest BCUT2D eigenvalue weighted by Crippen LogP contribution is 2.42. The summed E-state index contributed by atoms with van der Waals surface area (Å²) in [5, 5.41) is 7.58. The predicted octanol–water partition coefficient (Wildman–Crippen LogP) is 9.41. The maximum Gasteiger partial charge on any atom is 0.250 e. The molecule has 2 N–H and O–H groups in total. The average Bonchev–Trinajstić information content (AvgIpc) is 4.12. The van der Waals surface area contributed by atoms with Gasteiger partial charge in [-0.15, -0.1) is 22.7 Å². The van der Waals surface area contributed by atoms with E-state index in [9.17, 15) is 19.2 Å². The second-order valence-corrected chi connectivity index (χ2v) is 19.2. The van der Waals surface area contributed by atoms with Crippen LogP contribution in [0.5, 0.6) is 0 Å². The summed E-state index contributed by atoms with van der Waals surface area (Å²) in [6, 6.07) is 33.1. The summed E-state index contributed by atoms with van der Waals surface area (Å²) < 4.78 is 15.1. The van der Waals surface area contributed by atoms with Crippen molar-refractivity contribution in [2.24, 2.45) is 11.8 Å². The van der Waals surface area contributed by atoms with Crippen LogP contribution in [0.1, 0.15) is 90.3 Å². The second kappa shape index (κ2) is 17.6. The molecule has 2 aromatic heterocycles. The van der Waals surface area contributed by atoms with Crippen LogP contribution in [0.4, 0.5) is 4.39 Å². The molecule has 10 nitrogen and oxygen atoms in total. The Morgan fingerprint density at radius 2 is 1.02 bits per heavy atom. The van der Waals surface area contributed by atoms with Gasteiger partial charge in [0.15, 0.2) is 0 Å². The highest BCUT2D eigenvalue weighted by Gasteiger charge is 2.43. The molecule has 0 bridgehead atoms. The van der Waals surface area contributed by atoms with E-state index in [0.29, 0.717) is 17.1 Å². The van der Waals surface area contributed by atoms with E-state index in [1.165, 1.54) is 11.3 Å². The van der Waals surface area contributed by atoms with Crippen molar-refractivity contribution >= 4 is 46.3 Å². The fourth-order valence-corrected chi connectivity index (χ4v) is 10.9. The number of rotatable bonds is 13. The van der Waals surface area contributed by atoms with Crippen LogP contribution in [-0.2, 0) is 19.2 Å². The van der Waals surface area contributed by atoms with Crippen LogP contribution in [0.3, 0.4) is 0 Å². The normalized spacial score (nSPS) is 20.6. The van der Waals surface area contributed by atoms with Crippen LogP contribution in [0.25, 0.3) is 32.0 Å². The monoisotopic (exact) mass is 878 g/mol. The minimum atomic E-state index is -1.19. The van der Waals surface area contributed by atoms with Crippen molar-refractivity contribution in [3.05, 3.63) is 143 Å². The number of halogens is 1. The fourth-order valence-electron chi connectivity index (χ4n) is 8.76. The molecular weight excluding hydrogens is 832 g/mol. The first-order valence-corrected chi connectivity index (χ1v) is 23.5. The molecule has 2 saturated carbocycles. The first-order valence-electron chi connectivity index (χ1n) is 21.9. The van der Waals surface area contributed by atoms with E-state index in [2.05, 4.69) is 59.2 Å². The maximum atomic E-state index is 15.1. The van der Waals surface area contributed by atoms with Gasteiger partial charge in [-0.05, 0) is 71.9 Å². The number of hydrogen-bond acceptors (Lipinski definition) is 8. The van der Waals surface area contributed by atoms with Gasteiger partial charge < -0.3 is 20.4 Å². The quantitative estimate of drug-likeness (QED) is 0.119. The topological polar surface area (TPSA) is 125 Å². The van der Waals surface area contributed by atoms with Gasteiger partial charge in [-0.1, -0.05) is 109 Å². The molecule has 4 aromatic carbocycles. The summed E-state index contributed by atoms with van der Waals surface area (Å²) in [5.74, 6) is -0.668. The van der Waals surface area contributed by atoms with Gasteiger partial charge in [-0.25, -0.2) is 14.4 Å². The molecule has 2 saturated heterocycles. The van der Waals surface area contributed by atoms with Crippen LogP contribution in [-0.4, -0.2) is 62.7 Å².